The molecule has 0 aromatic heterocycles. The van der Waals surface area contributed by atoms with E-state index in [1.807, 2.05) is 4.90 Å². The van der Waals surface area contributed by atoms with Crippen molar-refractivity contribution in [1.82, 2.24) is 15.1 Å². The van der Waals surface area contributed by atoms with Crippen molar-refractivity contribution in [3.63, 3.8) is 0 Å². The molecule has 1 amide bonds. The molecule has 0 aromatic rings. The first-order valence-corrected chi connectivity index (χ1v) is 5.82. The maximum Gasteiger partial charge on any atom is 0.240 e. The lowest BCUT2D eigenvalue weighted by Crippen LogP contribution is -2.32. The van der Waals surface area contributed by atoms with Gasteiger partial charge in [0, 0.05) is 6.54 Å². The number of carbonyl (C=O) groups excluding carboxylic acids is 1. The SMILES string of the molecule is CCCC1NCN(CCCN(C)C)C1=O. The zero-order valence-electron chi connectivity index (χ0n) is 10.1. The molecule has 1 saturated heterocycles. The summed E-state index contributed by atoms with van der Waals surface area (Å²) in [4.78, 5) is 15.9. The van der Waals surface area contributed by atoms with Gasteiger partial charge in [0.15, 0.2) is 0 Å². The molecule has 88 valence electrons. The molecule has 1 unspecified atom stereocenters. The standard InChI is InChI=1S/C11H23N3O/c1-4-6-10-11(15)14(9-12-10)8-5-7-13(2)3/h10,12H,4-9H2,1-3H3. The monoisotopic (exact) mass is 213 g/mol. The normalized spacial score (nSPS) is 21.7. The maximum absolute atomic E-state index is 11.8. The van der Waals surface area contributed by atoms with Crippen molar-refractivity contribution >= 4 is 5.91 Å². The Morgan fingerprint density at radius 1 is 1.53 bits per heavy atom. The van der Waals surface area contributed by atoms with E-state index in [1.54, 1.807) is 0 Å². The van der Waals surface area contributed by atoms with Crippen molar-refractivity contribution in [2.24, 2.45) is 0 Å². The van der Waals surface area contributed by atoms with E-state index < -0.39 is 0 Å². The Labute approximate surface area is 92.6 Å². The minimum Gasteiger partial charge on any atom is -0.329 e. The molecule has 0 radical (unpaired) electrons. The number of nitrogens with one attached hydrogen (secondary N) is 1. The highest BCUT2D eigenvalue weighted by molar-refractivity contribution is 5.83. The number of amides is 1. The highest BCUT2D eigenvalue weighted by Gasteiger charge is 2.29. The van der Waals surface area contributed by atoms with Crippen molar-refractivity contribution in [2.75, 3.05) is 33.9 Å². The number of hydrogen-bond acceptors (Lipinski definition) is 3. The molecule has 0 aliphatic carbocycles. The van der Waals surface area contributed by atoms with Gasteiger partial charge in [-0.05, 0) is 33.5 Å². The molecule has 4 nitrogen and oxygen atoms in total. The molecule has 1 rings (SSSR count). The molecule has 1 N–H and O–H groups in total. The predicted octanol–water partition coefficient (Wildman–Crippen LogP) is 0.496. The average molecular weight is 213 g/mol. The van der Waals surface area contributed by atoms with Gasteiger partial charge in [-0.2, -0.15) is 0 Å². The lowest BCUT2D eigenvalue weighted by molar-refractivity contribution is -0.129. The lowest BCUT2D eigenvalue weighted by Gasteiger charge is -2.16. The van der Waals surface area contributed by atoms with E-state index in [2.05, 4.69) is 31.2 Å². The van der Waals surface area contributed by atoms with Gasteiger partial charge in [-0.3, -0.25) is 10.1 Å². The van der Waals surface area contributed by atoms with E-state index in [9.17, 15) is 4.79 Å². The molecule has 1 fully saturated rings. The molecule has 0 spiro atoms. The molecule has 1 aliphatic rings. The largest absolute Gasteiger partial charge is 0.329 e. The van der Waals surface area contributed by atoms with Gasteiger partial charge in [0.25, 0.3) is 0 Å². The van der Waals surface area contributed by atoms with Crippen LogP contribution in [0.4, 0.5) is 0 Å². The Balaban J connectivity index is 2.24. The maximum atomic E-state index is 11.8. The molecular weight excluding hydrogens is 190 g/mol. The number of hydrogen-bond donors (Lipinski definition) is 1. The van der Waals surface area contributed by atoms with Gasteiger partial charge in [0.2, 0.25) is 5.91 Å². The second-order valence-corrected chi connectivity index (χ2v) is 4.46. The predicted molar refractivity (Wildman–Crippen MR) is 61.6 cm³/mol. The molecule has 15 heavy (non-hydrogen) atoms. The van der Waals surface area contributed by atoms with Crippen LogP contribution < -0.4 is 5.32 Å². The van der Waals surface area contributed by atoms with Gasteiger partial charge in [-0.15, -0.1) is 0 Å². The van der Waals surface area contributed by atoms with Crippen molar-refractivity contribution < 1.29 is 4.79 Å². The summed E-state index contributed by atoms with van der Waals surface area (Å²) in [6.07, 6.45) is 3.08. The third-order valence-corrected chi connectivity index (χ3v) is 2.75. The number of nitrogens with zero attached hydrogens (tertiary/aromatic N) is 2. The smallest absolute Gasteiger partial charge is 0.240 e. The summed E-state index contributed by atoms with van der Waals surface area (Å²) >= 11 is 0. The summed E-state index contributed by atoms with van der Waals surface area (Å²) in [7, 11) is 4.12. The zero-order valence-corrected chi connectivity index (χ0v) is 10.1. The Bertz CT molecular complexity index is 206. The molecule has 1 atom stereocenters. The summed E-state index contributed by atoms with van der Waals surface area (Å²) in [6, 6.07) is 0.0781. The van der Waals surface area contributed by atoms with Crippen molar-refractivity contribution in [2.45, 2.75) is 32.2 Å². The van der Waals surface area contributed by atoms with Crippen LogP contribution in [0.3, 0.4) is 0 Å². The van der Waals surface area contributed by atoms with Crippen LogP contribution in [0.5, 0.6) is 0 Å². The van der Waals surface area contributed by atoms with E-state index in [-0.39, 0.29) is 11.9 Å². The fraction of sp³-hybridized carbons (Fsp3) is 0.909. The second kappa shape index (κ2) is 6.08. The minimum atomic E-state index is 0.0781. The van der Waals surface area contributed by atoms with Gasteiger partial charge in [0.05, 0.1) is 12.7 Å². The highest BCUT2D eigenvalue weighted by Crippen LogP contribution is 2.09. The van der Waals surface area contributed by atoms with Gasteiger partial charge in [-0.1, -0.05) is 13.3 Å². The van der Waals surface area contributed by atoms with Crippen LogP contribution in [0.15, 0.2) is 0 Å². The third kappa shape index (κ3) is 3.80. The summed E-state index contributed by atoms with van der Waals surface area (Å²) in [5, 5.41) is 3.26. The Hall–Kier alpha value is -0.610. The summed E-state index contributed by atoms with van der Waals surface area (Å²) in [5.74, 6) is 0.288. The number of carbonyl (C=O) groups is 1. The number of rotatable bonds is 6. The van der Waals surface area contributed by atoms with Crippen LogP contribution in [-0.4, -0.2) is 55.6 Å². The van der Waals surface area contributed by atoms with Crippen molar-refractivity contribution in [1.29, 1.82) is 0 Å². The van der Waals surface area contributed by atoms with Crippen molar-refractivity contribution in [3.05, 3.63) is 0 Å². The molecule has 1 heterocycles. The zero-order chi connectivity index (χ0) is 11.3. The Morgan fingerprint density at radius 2 is 2.27 bits per heavy atom. The second-order valence-electron chi connectivity index (χ2n) is 4.46. The fourth-order valence-electron chi connectivity index (χ4n) is 1.89. The molecule has 1 aliphatic heterocycles. The van der Waals surface area contributed by atoms with Crippen LogP contribution in [-0.2, 0) is 4.79 Å². The van der Waals surface area contributed by atoms with Gasteiger partial charge >= 0.3 is 0 Å². The van der Waals surface area contributed by atoms with E-state index in [0.29, 0.717) is 0 Å². The summed E-state index contributed by atoms with van der Waals surface area (Å²) < 4.78 is 0. The van der Waals surface area contributed by atoms with Crippen LogP contribution in [0.1, 0.15) is 26.2 Å². The first-order valence-electron chi connectivity index (χ1n) is 5.82. The molecule has 0 saturated carbocycles. The van der Waals surface area contributed by atoms with Crippen LogP contribution in [0.2, 0.25) is 0 Å². The summed E-state index contributed by atoms with van der Waals surface area (Å²) in [5.41, 5.74) is 0. The van der Waals surface area contributed by atoms with Crippen LogP contribution in [0.25, 0.3) is 0 Å². The van der Waals surface area contributed by atoms with E-state index in [1.165, 1.54) is 0 Å². The topological polar surface area (TPSA) is 35.6 Å². The van der Waals surface area contributed by atoms with E-state index in [4.69, 9.17) is 0 Å². The molecular formula is C11H23N3O. The highest BCUT2D eigenvalue weighted by atomic mass is 16.2. The molecule has 4 heteroatoms. The van der Waals surface area contributed by atoms with Gasteiger partial charge in [0.1, 0.15) is 0 Å². The first-order chi connectivity index (χ1) is 7.15. The third-order valence-electron chi connectivity index (χ3n) is 2.75. The minimum absolute atomic E-state index is 0.0781. The first kappa shape index (κ1) is 12.5. The average Bonchev–Trinajstić information content (AvgIpc) is 2.50. The van der Waals surface area contributed by atoms with Crippen LogP contribution >= 0.6 is 0 Å². The van der Waals surface area contributed by atoms with E-state index in [0.717, 1.165) is 39.0 Å². The van der Waals surface area contributed by atoms with Crippen molar-refractivity contribution in [3.8, 4) is 0 Å². The summed E-state index contributed by atoms with van der Waals surface area (Å²) in [6.45, 7) is 4.77. The molecule has 0 bridgehead atoms. The lowest BCUT2D eigenvalue weighted by atomic mass is 10.2. The van der Waals surface area contributed by atoms with Gasteiger partial charge < -0.3 is 9.80 Å². The van der Waals surface area contributed by atoms with Crippen LogP contribution in [0, 0.1) is 0 Å². The van der Waals surface area contributed by atoms with E-state index >= 15 is 0 Å². The Kier molecular flexibility index (Phi) is 5.05. The fourth-order valence-corrected chi connectivity index (χ4v) is 1.89. The van der Waals surface area contributed by atoms with Gasteiger partial charge in [-0.25, -0.2) is 0 Å². The quantitative estimate of drug-likeness (QED) is 0.698. The Morgan fingerprint density at radius 3 is 2.87 bits per heavy atom. The molecule has 0 aromatic carbocycles.